The van der Waals surface area contributed by atoms with E-state index < -0.39 is 27.8 Å². The van der Waals surface area contributed by atoms with E-state index in [-0.39, 0.29) is 29.6 Å². The van der Waals surface area contributed by atoms with E-state index in [2.05, 4.69) is 196 Å². The molecule has 0 aliphatic heterocycles. The number of carbonyl (C=O) groups is 2. The number of benzene rings is 6. The number of rotatable bonds is 18. The van der Waals surface area contributed by atoms with Crippen molar-refractivity contribution in [3.8, 4) is 0 Å². The van der Waals surface area contributed by atoms with Crippen LogP contribution in [-0.4, -0.2) is 11.9 Å². The van der Waals surface area contributed by atoms with E-state index in [1.54, 1.807) is 0 Å². The fraction of sp³-hybridized carbons (Fsp3) is 0.269. The van der Waals surface area contributed by atoms with Gasteiger partial charge in [-0.1, -0.05) is 247 Å². The van der Waals surface area contributed by atoms with Gasteiger partial charge in [-0.15, -0.1) is 0 Å². The first kappa shape index (κ1) is 50.8. The van der Waals surface area contributed by atoms with E-state index >= 15 is 0 Å². The molecule has 0 unspecified atom stereocenters. The van der Waals surface area contributed by atoms with Crippen molar-refractivity contribution in [2.24, 2.45) is 0 Å². The predicted octanol–water partition coefficient (Wildman–Crippen LogP) is 9.08. The van der Waals surface area contributed by atoms with Crippen LogP contribution in [0.3, 0.4) is 0 Å². The van der Waals surface area contributed by atoms with Crippen LogP contribution >= 0.6 is 15.8 Å². The first-order chi connectivity index (χ1) is 28.4. The van der Waals surface area contributed by atoms with E-state index in [0.29, 0.717) is 0 Å². The second kappa shape index (κ2) is 32.5. The van der Waals surface area contributed by atoms with Gasteiger partial charge in [0.05, 0.1) is 0 Å². The maximum atomic E-state index is 9.92. The molecule has 0 spiro atoms. The van der Waals surface area contributed by atoms with Crippen molar-refractivity contribution in [3.63, 3.8) is 0 Å². The Bertz CT molecular complexity index is 1570. The van der Waals surface area contributed by atoms with Crippen molar-refractivity contribution in [1.82, 2.24) is 0 Å². The minimum Gasteiger partial charge on any atom is -0.550 e. The molecule has 0 heterocycles. The van der Waals surface area contributed by atoms with Gasteiger partial charge in [-0.05, 0) is 73.4 Å². The normalized spacial score (nSPS) is 10.1. The standard InChI is InChI=1S/2C18H15P.2C8H16O2.Co/c2*1-4-10-16(11-5-1)19(17-12-6-2-7-13-17)18-14-8-3-9-15-18;2*1-2-3-4-5-6-7-8(9)10;/h2*1-15H;2*2-7H2,1H3,(H,9,10);/q;;;;+2/p-2. The summed E-state index contributed by atoms with van der Waals surface area (Å²) in [7, 11) is -0.892. The smallest absolute Gasteiger partial charge is 0.550 e. The zero-order chi connectivity index (χ0) is 41.5. The van der Waals surface area contributed by atoms with Crippen molar-refractivity contribution < 1.29 is 36.6 Å². The number of hydrogen-bond donors (Lipinski definition) is 0. The Balaban J connectivity index is 0.000000283. The molecule has 0 amide bonds. The summed E-state index contributed by atoms with van der Waals surface area (Å²) in [6.07, 6.45) is 11.2. The zero-order valence-electron chi connectivity index (χ0n) is 34.7. The molecule has 6 aromatic carbocycles. The zero-order valence-corrected chi connectivity index (χ0v) is 37.5. The third-order valence-electron chi connectivity index (χ3n) is 9.06. The van der Waals surface area contributed by atoms with Gasteiger partial charge in [0.1, 0.15) is 0 Å². The molecule has 0 aliphatic carbocycles. The minimum absolute atomic E-state index is 0. The number of carbonyl (C=O) groups excluding carboxylic acids is 2. The Labute approximate surface area is 367 Å². The van der Waals surface area contributed by atoms with Gasteiger partial charge in [0, 0.05) is 11.9 Å². The molecule has 0 aromatic heterocycles. The second-order valence-electron chi connectivity index (χ2n) is 13.8. The first-order valence-corrected chi connectivity index (χ1v) is 23.4. The first-order valence-electron chi connectivity index (χ1n) is 20.7. The summed E-state index contributed by atoms with van der Waals surface area (Å²) in [6, 6.07) is 64.7. The molecule has 7 heteroatoms. The van der Waals surface area contributed by atoms with Crippen molar-refractivity contribution in [3.05, 3.63) is 182 Å². The van der Waals surface area contributed by atoms with Crippen LogP contribution < -0.4 is 42.0 Å². The topological polar surface area (TPSA) is 80.3 Å². The molecule has 6 rings (SSSR count). The van der Waals surface area contributed by atoms with Crippen molar-refractivity contribution in [1.29, 1.82) is 0 Å². The summed E-state index contributed by atoms with van der Waals surface area (Å²) in [4.78, 5) is 19.8. The molecule has 4 nitrogen and oxygen atoms in total. The molecule has 0 saturated heterocycles. The fourth-order valence-corrected chi connectivity index (χ4v) is 10.7. The van der Waals surface area contributed by atoms with Crippen LogP contribution in [0.25, 0.3) is 0 Å². The Morgan fingerprint density at radius 2 is 0.525 bits per heavy atom. The average Bonchev–Trinajstić information content (AvgIpc) is 3.27. The Morgan fingerprint density at radius 1 is 0.339 bits per heavy atom. The van der Waals surface area contributed by atoms with Gasteiger partial charge in [-0.2, -0.15) is 0 Å². The largest absolute Gasteiger partial charge is 2.00 e. The SMILES string of the molecule is CCCCCCCC(=O)[O-].CCCCCCCC(=O)[O-].[Co+2].c1ccc(P(c2ccccc2)c2ccccc2)cc1.c1ccc(P(c2ccccc2)c2ccccc2)cc1. The number of aliphatic carboxylic acids is 2. The van der Waals surface area contributed by atoms with E-state index in [0.717, 1.165) is 38.5 Å². The van der Waals surface area contributed by atoms with Gasteiger partial charge in [0.25, 0.3) is 0 Å². The van der Waals surface area contributed by atoms with Crippen LogP contribution in [0.2, 0.25) is 0 Å². The van der Waals surface area contributed by atoms with Crippen LogP contribution in [0.4, 0.5) is 0 Å². The van der Waals surface area contributed by atoms with Crippen molar-refractivity contribution in [2.75, 3.05) is 0 Å². The van der Waals surface area contributed by atoms with Gasteiger partial charge >= 0.3 is 16.8 Å². The van der Waals surface area contributed by atoms with E-state index in [4.69, 9.17) is 0 Å². The number of hydrogen-bond acceptors (Lipinski definition) is 4. The van der Waals surface area contributed by atoms with Crippen LogP contribution in [0.5, 0.6) is 0 Å². The number of unbranched alkanes of at least 4 members (excludes halogenated alkanes) is 8. The monoisotopic (exact) mass is 869 g/mol. The second-order valence-corrected chi connectivity index (χ2v) is 18.2. The van der Waals surface area contributed by atoms with Gasteiger partial charge in [0.2, 0.25) is 0 Å². The summed E-state index contributed by atoms with van der Waals surface area (Å²) in [5.74, 6) is -1.84. The summed E-state index contributed by atoms with van der Waals surface area (Å²) < 4.78 is 0. The third kappa shape index (κ3) is 21.5. The van der Waals surface area contributed by atoms with Crippen LogP contribution in [0, 0.1) is 0 Å². The number of carboxylic acids is 2. The van der Waals surface area contributed by atoms with Gasteiger partial charge in [0.15, 0.2) is 0 Å². The minimum atomic E-state index is -0.920. The third-order valence-corrected chi connectivity index (χ3v) is 13.9. The quantitative estimate of drug-likeness (QED) is 0.0638. The molecule has 6 aromatic rings. The molecular formula is C52H60CoO4P2. The van der Waals surface area contributed by atoms with Gasteiger partial charge in [-0.25, -0.2) is 0 Å². The maximum absolute atomic E-state index is 9.92. The summed E-state index contributed by atoms with van der Waals surface area (Å²) >= 11 is 0. The molecule has 0 aliphatic rings. The average molecular weight is 870 g/mol. The molecule has 311 valence electrons. The molecule has 59 heavy (non-hydrogen) atoms. The molecule has 0 N–H and O–H groups in total. The Hall–Kier alpha value is -4.37. The van der Waals surface area contributed by atoms with Crippen LogP contribution in [0.15, 0.2) is 182 Å². The van der Waals surface area contributed by atoms with Crippen molar-refractivity contribution in [2.45, 2.75) is 90.9 Å². The predicted molar refractivity (Wildman–Crippen MR) is 247 cm³/mol. The maximum Gasteiger partial charge on any atom is 2.00 e. The molecule has 0 saturated carbocycles. The molecule has 0 bridgehead atoms. The van der Waals surface area contributed by atoms with Gasteiger partial charge in [-0.3, -0.25) is 0 Å². The molecular weight excluding hydrogens is 809 g/mol. The van der Waals surface area contributed by atoms with E-state index in [9.17, 15) is 19.8 Å². The number of carboxylic acid groups (broad SMARTS) is 2. The summed E-state index contributed by atoms with van der Waals surface area (Å²) in [6.45, 7) is 4.28. The Morgan fingerprint density at radius 3 is 0.695 bits per heavy atom. The fourth-order valence-electron chi connectivity index (χ4n) is 6.10. The van der Waals surface area contributed by atoms with Crippen LogP contribution in [-0.2, 0) is 26.4 Å². The molecule has 0 atom stereocenters. The molecule has 1 radical (unpaired) electrons. The summed E-state index contributed by atoms with van der Waals surface area (Å²) in [5, 5.41) is 28.2. The van der Waals surface area contributed by atoms with E-state index in [1.807, 2.05) is 0 Å². The van der Waals surface area contributed by atoms with Crippen LogP contribution in [0.1, 0.15) is 90.9 Å². The molecule has 0 fully saturated rings. The van der Waals surface area contributed by atoms with E-state index in [1.165, 1.54) is 57.5 Å². The van der Waals surface area contributed by atoms with Gasteiger partial charge < -0.3 is 19.8 Å². The Kier molecular flexibility index (Phi) is 27.9. The summed E-state index contributed by atoms with van der Waals surface area (Å²) in [5.41, 5.74) is 0. The van der Waals surface area contributed by atoms with Crippen molar-refractivity contribution >= 4 is 59.6 Å².